The van der Waals surface area contributed by atoms with Crippen LogP contribution in [0, 0.1) is 5.82 Å². The largest absolute Gasteiger partial charge is 0.391 e. The van der Waals surface area contributed by atoms with Crippen LogP contribution in [0.4, 0.5) is 4.39 Å². The van der Waals surface area contributed by atoms with Gasteiger partial charge in [0.05, 0.1) is 22.3 Å². The van der Waals surface area contributed by atoms with Crippen molar-refractivity contribution in [2.45, 2.75) is 32.2 Å². The van der Waals surface area contributed by atoms with Crippen LogP contribution < -0.4 is 11.1 Å². The predicted molar refractivity (Wildman–Crippen MR) is 71.8 cm³/mol. The highest BCUT2D eigenvalue weighted by Crippen LogP contribution is 2.17. The van der Waals surface area contributed by atoms with Crippen LogP contribution in [-0.2, 0) is 0 Å². The number of amides is 1. The van der Waals surface area contributed by atoms with E-state index in [0.717, 1.165) is 6.20 Å². The molecule has 98 valence electrons. The highest BCUT2D eigenvalue weighted by atomic mass is 32.1. The molecular weight excluding hydrogens is 253 g/mol. The molecule has 1 aromatic heterocycles. The zero-order chi connectivity index (χ0) is 13.8. The number of nitrogens with zero attached hydrogens (tertiary/aromatic N) is 1. The summed E-state index contributed by atoms with van der Waals surface area (Å²) in [7, 11) is 0. The second kappa shape index (κ2) is 5.86. The molecule has 0 unspecified atom stereocenters. The van der Waals surface area contributed by atoms with Gasteiger partial charge in [-0.2, -0.15) is 0 Å². The third-order valence-corrected chi connectivity index (χ3v) is 3.44. The first-order valence-electron chi connectivity index (χ1n) is 5.68. The van der Waals surface area contributed by atoms with Gasteiger partial charge in [-0.3, -0.25) is 9.78 Å². The molecule has 0 atom stereocenters. The van der Waals surface area contributed by atoms with Crippen molar-refractivity contribution < 1.29 is 9.18 Å². The van der Waals surface area contributed by atoms with E-state index in [2.05, 4.69) is 10.3 Å². The van der Waals surface area contributed by atoms with Gasteiger partial charge in [-0.1, -0.05) is 26.1 Å². The number of hydrogen-bond acceptors (Lipinski definition) is 3. The Labute approximate surface area is 111 Å². The molecule has 0 aliphatic carbocycles. The molecule has 0 aliphatic rings. The second-order valence-electron chi connectivity index (χ2n) is 3.96. The minimum Gasteiger partial charge on any atom is -0.391 e. The highest BCUT2D eigenvalue weighted by molar-refractivity contribution is 7.80. The zero-order valence-corrected chi connectivity index (χ0v) is 11.2. The number of rotatable bonds is 5. The van der Waals surface area contributed by atoms with Crippen molar-refractivity contribution in [2.24, 2.45) is 5.73 Å². The second-order valence-corrected chi connectivity index (χ2v) is 4.40. The first-order valence-corrected chi connectivity index (χ1v) is 6.09. The Bertz CT molecular complexity index is 460. The molecule has 6 heteroatoms. The molecule has 0 saturated carbocycles. The van der Waals surface area contributed by atoms with E-state index in [9.17, 15) is 9.18 Å². The number of thiocarbonyl (C=S) groups is 1. The Kier molecular flexibility index (Phi) is 4.72. The van der Waals surface area contributed by atoms with E-state index >= 15 is 0 Å². The Morgan fingerprint density at radius 2 is 2.17 bits per heavy atom. The van der Waals surface area contributed by atoms with E-state index in [-0.39, 0.29) is 10.6 Å². The fourth-order valence-electron chi connectivity index (χ4n) is 1.68. The fraction of sp³-hybridized carbons (Fsp3) is 0.417. The molecule has 0 radical (unpaired) electrons. The third kappa shape index (κ3) is 2.81. The maximum absolute atomic E-state index is 13.4. The Balaban J connectivity index is 3.00. The average Bonchev–Trinajstić information content (AvgIpc) is 2.36. The van der Waals surface area contributed by atoms with Crippen molar-refractivity contribution in [3.8, 4) is 0 Å². The van der Waals surface area contributed by atoms with Crippen LogP contribution in [0.25, 0.3) is 0 Å². The molecule has 0 saturated heterocycles. The van der Waals surface area contributed by atoms with E-state index in [4.69, 9.17) is 18.0 Å². The topological polar surface area (TPSA) is 68.0 Å². The van der Waals surface area contributed by atoms with Gasteiger partial charge in [0.1, 0.15) is 0 Å². The molecule has 0 aliphatic heterocycles. The number of carbonyl (C=O) groups excluding carboxylic acids is 1. The molecule has 0 spiro atoms. The van der Waals surface area contributed by atoms with E-state index in [1.807, 2.05) is 13.8 Å². The summed E-state index contributed by atoms with van der Waals surface area (Å²) in [6.45, 7) is 3.73. The van der Waals surface area contributed by atoms with Crippen LogP contribution in [-0.4, -0.2) is 21.4 Å². The van der Waals surface area contributed by atoms with Gasteiger partial charge in [0.25, 0.3) is 5.91 Å². The van der Waals surface area contributed by atoms with E-state index in [1.54, 1.807) is 0 Å². The van der Waals surface area contributed by atoms with Crippen molar-refractivity contribution in [3.05, 3.63) is 29.8 Å². The Morgan fingerprint density at radius 3 is 2.61 bits per heavy atom. The SMILES string of the molecule is CCC(CC)(NC(=O)c1ccncc1F)C(N)=S. The third-order valence-electron chi connectivity index (χ3n) is 3.05. The number of pyridine rings is 1. The monoisotopic (exact) mass is 269 g/mol. The van der Waals surface area contributed by atoms with Crippen LogP contribution in [0.3, 0.4) is 0 Å². The quantitative estimate of drug-likeness (QED) is 0.800. The van der Waals surface area contributed by atoms with Gasteiger partial charge in [0.15, 0.2) is 5.82 Å². The standard InChI is InChI=1S/C12H16FN3OS/c1-3-12(4-2,11(14)18)16-10(17)8-5-6-15-7-9(8)13/h5-7H,3-4H2,1-2H3,(H2,14,18)(H,16,17). The number of carbonyl (C=O) groups is 1. The summed E-state index contributed by atoms with van der Waals surface area (Å²) in [4.78, 5) is 15.8. The summed E-state index contributed by atoms with van der Waals surface area (Å²) in [5.41, 5.74) is 4.83. The average molecular weight is 269 g/mol. The van der Waals surface area contributed by atoms with Gasteiger partial charge >= 0.3 is 0 Å². The lowest BCUT2D eigenvalue weighted by atomic mass is 9.92. The summed E-state index contributed by atoms with van der Waals surface area (Å²) in [6.07, 6.45) is 3.46. The van der Waals surface area contributed by atoms with Crippen LogP contribution >= 0.6 is 12.2 Å². The zero-order valence-electron chi connectivity index (χ0n) is 10.4. The molecule has 1 heterocycles. The fourth-order valence-corrected chi connectivity index (χ4v) is 2.02. The number of halogens is 1. The lowest BCUT2D eigenvalue weighted by Crippen LogP contribution is -2.56. The summed E-state index contributed by atoms with van der Waals surface area (Å²) in [6, 6.07) is 1.32. The Hall–Kier alpha value is -1.56. The van der Waals surface area contributed by atoms with Gasteiger partial charge in [-0.25, -0.2) is 4.39 Å². The van der Waals surface area contributed by atoms with Gasteiger partial charge in [-0.05, 0) is 18.9 Å². The maximum atomic E-state index is 13.4. The van der Waals surface area contributed by atoms with Gasteiger partial charge in [0.2, 0.25) is 0 Å². The molecule has 1 aromatic rings. The smallest absolute Gasteiger partial charge is 0.255 e. The van der Waals surface area contributed by atoms with Crippen molar-refractivity contribution in [1.82, 2.24) is 10.3 Å². The molecular formula is C12H16FN3OS. The Morgan fingerprint density at radius 1 is 1.56 bits per heavy atom. The lowest BCUT2D eigenvalue weighted by molar-refractivity contribution is 0.0915. The van der Waals surface area contributed by atoms with Crippen LogP contribution in [0.1, 0.15) is 37.0 Å². The maximum Gasteiger partial charge on any atom is 0.255 e. The first-order chi connectivity index (χ1) is 8.46. The summed E-state index contributed by atoms with van der Waals surface area (Å²) < 4.78 is 13.4. The van der Waals surface area contributed by atoms with Crippen LogP contribution in [0.15, 0.2) is 18.5 Å². The van der Waals surface area contributed by atoms with E-state index in [1.165, 1.54) is 12.3 Å². The summed E-state index contributed by atoms with van der Waals surface area (Å²) in [5, 5.41) is 2.71. The van der Waals surface area contributed by atoms with E-state index in [0.29, 0.717) is 12.8 Å². The van der Waals surface area contributed by atoms with Gasteiger partial charge in [-0.15, -0.1) is 0 Å². The summed E-state index contributed by atoms with van der Waals surface area (Å²) in [5.74, 6) is -1.20. The van der Waals surface area contributed by atoms with Crippen molar-refractivity contribution in [3.63, 3.8) is 0 Å². The molecule has 18 heavy (non-hydrogen) atoms. The molecule has 0 aromatic carbocycles. The molecule has 1 rings (SSSR count). The predicted octanol–water partition coefficient (Wildman–Crippen LogP) is 1.80. The lowest BCUT2D eigenvalue weighted by Gasteiger charge is -2.31. The molecule has 0 fully saturated rings. The normalized spacial score (nSPS) is 11.1. The molecule has 3 N–H and O–H groups in total. The van der Waals surface area contributed by atoms with Crippen molar-refractivity contribution in [2.75, 3.05) is 0 Å². The van der Waals surface area contributed by atoms with E-state index < -0.39 is 17.3 Å². The van der Waals surface area contributed by atoms with Crippen LogP contribution in [0.5, 0.6) is 0 Å². The van der Waals surface area contributed by atoms with Crippen LogP contribution in [0.2, 0.25) is 0 Å². The van der Waals surface area contributed by atoms with Gasteiger partial charge in [0, 0.05) is 6.20 Å². The first kappa shape index (κ1) is 14.5. The van der Waals surface area contributed by atoms with Gasteiger partial charge < -0.3 is 11.1 Å². The number of nitrogens with one attached hydrogen (secondary N) is 1. The summed E-state index contributed by atoms with van der Waals surface area (Å²) >= 11 is 4.99. The molecule has 4 nitrogen and oxygen atoms in total. The molecule has 1 amide bonds. The highest BCUT2D eigenvalue weighted by Gasteiger charge is 2.32. The van der Waals surface area contributed by atoms with Crippen molar-refractivity contribution in [1.29, 1.82) is 0 Å². The number of nitrogens with two attached hydrogens (primary N) is 1. The number of hydrogen-bond donors (Lipinski definition) is 2. The molecule has 0 bridgehead atoms. The van der Waals surface area contributed by atoms with Crippen molar-refractivity contribution >= 4 is 23.1 Å². The number of aromatic nitrogens is 1. The minimum atomic E-state index is -0.776. The minimum absolute atomic E-state index is 0.0625.